The Morgan fingerprint density at radius 2 is 2.11 bits per heavy atom. The molecule has 1 aliphatic rings. The maximum atomic E-state index is 12.4. The van der Waals surface area contributed by atoms with E-state index in [1.807, 2.05) is 30.3 Å². The Balaban J connectivity index is 1.27. The molecule has 1 amide bonds. The van der Waals surface area contributed by atoms with Gasteiger partial charge in [-0.05, 0) is 25.7 Å². The molecule has 1 atom stereocenters. The fraction of sp³-hybridized carbons (Fsp3) is 0.368. The maximum Gasteiger partial charge on any atom is 0.273 e. The van der Waals surface area contributed by atoms with Crippen molar-refractivity contribution in [2.75, 3.05) is 0 Å². The predicted molar refractivity (Wildman–Crippen MR) is 100 cm³/mol. The topological polar surface area (TPSA) is 101 Å². The van der Waals surface area contributed by atoms with Crippen molar-refractivity contribution in [2.24, 2.45) is 5.92 Å². The van der Waals surface area contributed by atoms with E-state index < -0.39 is 6.10 Å². The molecule has 1 fully saturated rings. The number of hydrogen-bond acceptors (Lipinski definition) is 7. The number of amides is 1. The van der Waals surface area contributed by atoms with Crippen molar-refractivity contribution in [2.45, 2.75) is 38.3 Å². The molecule has 1 aliphatic carbocycles. The Bertz CT molecular complexity index is 916. The molecule has 0 spiro atoms. The molecule has 1 unspecified atom stereocenters. The third-order valence-corrected chi connectivity index (χ3v) is 5.79. The van der Waals surface area contributed by atoms with Gasteiger partial charge in [-0.15, -0.1) is 10.2 Å². The molecule has 2 N–H and O–H groups in total. The lowest BCUT2D eigenvalue weighted by Gasteiger charge is -2.35. The first-order valence-corrected chi connectivity index (χ1v) is 9.73. The summed E-state index contributed by atoms with van der Waals surface area (Å²) in [5, 5.41) is 26.1. The minimum Gasteiger partial charge on any atom is -0.386 e. The molecular formula is C19H20N4O3S. The van der Waals surface area contributed by atoms with Crippen LogP contribution >= 0.6 is 11.3 Å². The zero-order valence-electron chi connectivity index (χ0n) is 14.8. The molecule has 2 aromatic heterocycles. The highest BCUT2D eigenvalue weighted by Crippen LogP contribution is 2.32. The van der Waals surface area contributed by atoms with Gasteiger partial charge < -0.3 is 14.9 Å². The second-order valence-electron chi connectivity index (χ2n) is 6.86. The Labute approximate surface area is 160 Å². The number of hydrogen-bond donors (Lipinski definition) is 2. The summed E-state index contributed by atoms with van der Waals surface area (Å²) in [7, 11) is 0. The van der Waals surface area contributed by atoms with Crippen molar-refractivity contribution in [3.8, 4) is 11.3 Å². The van der Waals surface area contributed by atoms with Gasteiger partial charge in [0.05, 0.1) is 0 Å². The molecule has 3 aromatic rings. The van der Waals surface area contributed by atoms with Gasteiger partial charge in [-0.3, -0.25) is 4.79 Å². The summed E-state index contributed by atoms with van der Waals surface area (Å²) in [4.78, 5) is 12.4. The van der Waals surface area contributed by atoms with Crippen LogP contribution in [0.1, 0.15) is 46.4 Å². The summed E-state index contributed by atoms with van der Waals surface area (Å²) < 4.78 is 5.28. The fourth-order valence-corrected chi connectivity index (χ4v) is 4.06. The van der Waals surface area contributed by atoms with Crippen LogP contribution in [0, 0.1) is 5.92 Å². The Morgan fingerprint density at radius 1 is 1.33 bits per heavy atom. The lowest BCUT2D eigenvalue weighted by atomic mass is 9.78. The monoisotopic (exact) mass is 384 g/mol. The Morgan fingerprint density at radius 3 is 2.81 bits per heavy atom. The van der Waals surface area contributed by atoms with Crippen LogP contribution in [0.4, 0.5) is 0 Å². The van der Waals surface area contributed by atoms with Crippen LogP contribution in [0.2, 0.25) is 0 Å². The molecule has 27 heavy (non-hydrogen) atoms. The number of carbonyl (C=O) groups is 1. The lowest BCUT2D eigenvalue weighted by molar-refractivity contribution is 0.0880. The van der Waals surface area contributed by atoms with Crippen LogP contribution in [0.3, 0.4) is 0 Å². The molecule has 0 bridgehead atoms. The quantitative estimate of drug-likeness (QED) is 0.677. The normalized spacial score (nSPS) is 20.1. The van der Waals surface area contributed by atoms with Gasteiger partial charge in [0.1, 0.15) is 16.1 Å². The molecule has 2 heterocycles. The second-order valence-corrected chi connectivity index (χ2v) is 7.96. The van der Waals surface area contributed by atoms with Gasteiger partial charge in [-0.25, -0.2) is 0 Å². The standard InChI is InChI=1S/C19H20N4O3S/c1-11(24)19-22-21-17(27-19)9-12-7-14(8-12)20-18(25)15-10-16(26-23-15)13-5-3-2-4-6-13/h2-6,10-12,14,24H,7-9H2,1H3,(H,20,25)/t11?,12-,14+. The van der Waals surface area contributed by atoms with E-state index in [9.17, 15) is 9.90 Å². The third-order valence-electron chi connectivity index (χ3n) is 4.68. The Hall–Kier alpha value is -2.58. The first-order valence-electron chi connectivity index (χ1n) is 8.92. The van der Waals surface area contributed by atoms with Gasteiger partial charge in [0.25, 0.3) is 5.91 Å². The number of aromatic nitrogens is 3. The van der Waals surface area contributed by atoms with Crippen molar-refractivity contribution >= 4 is 17.2 Å². The van der Waals surface area contributed by atoms with E-state index in [2.05, 4.69) is 20.7 Å². The van der Waals surface area contributed by atoms with E-state index in [1.165, 1.54) is 11.3 Å². The summed E-state index contributed by atoms with van der Waals surface area (Å²) in [5.41, 5.74) is 1.18. The maximum absolute atomic E-state index is 12.4. The number of rotatable bonds is 6. The average molecular weight is 384 g/mol. The Kier molecular flexibility index (Phi) is 5.00. The highest BCUT2D eigenvalue weighted by molar-refractivity contribution is 7.11. The van der Waals surface area contributed by atoms with Gasteiger partial charge in [0, 0.05) is 24.1 Å². The third kappa shape index (κ3) is 4.06. The van der Waals surface area contributed by atoms with Crippen molar-refractivity contribution in [3.63, 3.8) is 0 Å². The van der Waals surface area contributed by atoms with Gasteiger partial charge in [-0.1, -0.05) is 46.8 Å². The first-order chi connectivity index (χ1) is 13.1. The molecule has 4 rings (SSSR count). The van der Waals surface area contributed by atoms with Crippen molar-refractivity contribution in [3.05, 3.63) is 52.1 Å². The molecule has 0 aliphatic heterocycles. The van der Waals surface area contributed by atoms with Crippen molar-refractivity contribution in [1.29, 1.82) is 0 Å². The van der Waals surface area contributed by atoms with Gasteiger partial charge in [0.2, 0.25) is 0 Å². The number of nitrogens with zero attached hydrogens (tertiary/aromatic N) is 3. The molecule has 7 nitrogen and oxygen atoms in total. The second kappa shape index (κ2) is 7.58. The number of nitrogens with one attached hydrogen (secondary N) is 1. The lowest BCUT2D eigenvalue weighted by Crippen LogP contribution is -2.45. The number of aliphatic hydroxyl groups excluding tert-OH is 1. The number of benzene rings is 1. The molecule has 0 saturated heterocycles. The van der Waals surface area contributed by atoms with Crippen molar-refractivity contribution in [1.82, 2.24) is 20.7 Å². The zero-order valence-corrected chi connectivity index (χ0v) is 15.6. The summed E-state index contributed by atoms with van der Waals surface area (Å²) in [6.45, 7) is 1.69. The van der Waals surface area contributed by atoms with Gasteiger partial charge in [-0.2, -0.15) is 0 Å². The van der Waals surface area contributed by atoms with Crippen LogP contribution in [0.25, 0.3) is 11.3 Å². The van der Waals surface area contributed by atoms with E-state index in [1.54, 1.807) is 13.0 Å². The van der Waals surface area contributed by atoms with E-state index in [-0.39, 0.29) is 11.9 Å². The minimum atomic E-state index is -0.576. The SMILES string of the molecule is CC(O)c1nnc(C[C@H]2C[C@@H](NC(=O)c3cc(-c4ccccc4)on3)C2)s1. The predicted octanol–water partition coefficient (Wildman–Crippen LogP) is 3.00. The van der Waals surface area contributed by atoms with E-state index >= 15 is 0 Å². The largest absolute Gasteiger partial charge is 0.386 e. The average Bonchev–Trinajstić information content (AvgIpc) is 3.30. The highest BCUT2D eigenvalue weighted by atomic mass is 32.1. The van der Waals surface area contributed by atoms with Crippen LogP contribution in [-0.2, 0) is 6.42 Å². The van der Waals surface area contributed by atoms with Crippen molar-refractivity contribution < 1.29 is 14.4 Å². The molecule has 8 heteroatoms. The zero-order chi connectivity index (χ0) is 18.8. The van der Waals surface area contributed by atoms with Crippen LogP contribution in [-0.4, -0.2) is 32.4 Å². The summed E-state index contributed by atoms with van der Waals surface area (Å²) in [6, 6.07) is 11.4. The highest BCUT2D eigenvalue weighted by Gasteiger charge is 2.32. The van der Waals surface area contributed by atoms with E-state index in [0.29, 0.717) is 22.4 Å². The molecular weight excluding hydrogens is 364 g/mol. The molecule has 140 valence electrons. The molecule has 0 radical (unpaired) electrons. The summed E-state index contributed by atoms with van der Waals surface area (Å²) >= 11 is 1.45. The summed E-state index contributed by atoms with van der Waals surface area (Å²) in [6.07, 6.45) is 2.06. The van der Waals surface area contributed by atoms with Crippen LogP contribution in [0.15, 0.2) is 40.9 Å². The summed E-state index contributed by atoms with van der Waals surface area (Å²) in [5.74, 6) is 0.844. The molecule has 1 aromatic carbocycles. The van der Waals surface area contributed by atoms with E-state index in [4.69, 9.17) is 4.52 Å². The van der Waals surface area contributed by atoms with E-state index in [0.717, 1.165) is 29.8 Å². The fourth-order valence-electron chi connectivity index (χ4n) is 3.17. The van der Waals surface area contributed by atoms with Crippen LogP contribution in [0.5, 0.6) is 0 Å². The van der Waals surface area contributed by atoms with Crippen LogP contribution < -0.4 is 5.32 Å². The smallest absolute Gasteiger partial charge is 0.273 e. The first kappa shape index (κ1) is 17.8. The number of carbonyl (C=O) groups excluding carboxylic acids is 1. The van der Waals surface area contributed by atoms with Gasteiger partial charge >= 0.3 is 0 Å². The molecule has 1 saturated carbocycles. The van der Waals surface area contributed by atoms with Gasteiger partial charge in [0.15, 0.2) is 11.5 Å². The number of aliphatic hydroxyl groups is 1. The minimum absolute atomic E-state index is 0.142.